The minimum absolute atomic E-state index is 0.161. The molecule has 0 aromatic heterocycles. The van der Waals surface area contributed by atoms with Crippen LogP contribution in [0.25, 0.3) is 0 Å². The van der Waals surface area contributed by atoms with Gasteiger partial charge in [-0.1, -0.05) is 12.8 Å². The average molecular weight is 263 g/mol. The highest BCUT2D eigenvalue weighted by atomic mass is 32.2. The third-order valence-corrected chi connectivity index (χ3v) is 5.12. The van der Waals surface area contributed by atoms with Crippen LogP contribution in [-0.2, 0) is 19.4 Å². The van der Waals surface area contributed by atoms with Crippen LogP contribution in [-0.4, -0.2) is 42.9 Å². The number of carbonyl (C=O) groups is 2. The molecule has 0 saturated heterocycles. The van der Waals surface area contributed by atoms with E-state index in [-0.39, 0.29) is 17.4 Å². The first-order chi connectivity index (χ1) is 7.92. The Morgan fingerprint density at radius 3 is 2.35 bits per heavy atom. The number of carbonyl (C=O) groups excluding carboxylic acids is 1. The molecule has 0 heterocycles. The van der Waals surface area contributed by atoms with Gasteiger partial charge in [-0.25, -0.2) is 8.42 Å². The van der Waals surface area contributed by atoms with Crippen LogP contribution in [0.15, 0.2) is 0 Å². The number of aliphatic carboxylic acids is 1. The van der Waals surface area contributed by atoms with E-state index < -0.39 is 28.3 Å². The molecule has 17 heavy (non-hydrogen) atoms. The molecule has 0 bridgehead atoms. The van der Waals surface area contributed by atoms with Crippen molar-refractivity contribution >= 4 is 21.7 Å². The minimum atomic E-state index is -3.20. The second-order valence-corrected chi connectivity index (χ2v) is 6.59. The van der Waals surface area contributed by atoms with Gasteiger partial charge in [0, 0.05) is 6.42 Å². The lowest BCUT2D eigenvalue weighted by atomic mass is 10.4. The fraction of sp³-hybridized carbons (Fsp3) is 0.800. The quantitative estimate of drug-likeness (QED) is 0.699. The molecule has 0 aromatic rings. The van der Waals surface area contributed by atoms with Crippen LogP contribution in [0, 0.1) is 0 Å². The molecule has 1 aliphatic rings. The standard InChI is InChI=1S/C10H17NO5S/c12-9(11-7-10(13)14)5-6-17(15,16)8-3-1-2-4-8/h8H,1-7H2,(H,11,12)(H,13,14). The lowest BCUT2D eigenvalue weighted by molar-refractivity contribution is -0.137. The lowest BCUT2D eigenvalue weighted by Crippen LogP contribution is -2.31. The summed E-state index contributed by atoms with van der Waals surface area (Å²) < 4.78 is 23.6. The smallest absolute Gasteiger partial charge is 0.322 e. The Morgan fingerprint density at radius 2 is 1.82 bits per heavy atom. The molecule has 2 N–H and O–H groups in total. The monoisotopic (exact) mass is 263 g/mol. The number of carboxylic acids is 1. The maximum Gasteiger partial charge on any atom is 0.322 e. The molecule has 7 heteroatoms. The summed E-state index contributed by atoms with van der Waals surface area (Å²) in [7, 11) is -3.20. The van der Waals surface area contributed by atoms with E-state index in [0.717, 1.165) is 12.8 Å². The molecule has 0 atom stereocenters. The second kappa shape index (κ2) is 6.00. The fourth-order valence-electron chi connectivity index (χ4n) is 1.91. The van der Waals surface area contributed by atoms with E-state index in [1.807, 2.05) is 0 Å². The van der Waals surface area contributed by atoms with E-state index >= 15 is 0 Å². The first-order valence-corrected chi connectivity index (χ1v) is 7.33. The van der Waals surface area contributed by atoms with Crippen molar-refractivity contribution in [1.82, 2.24) is 5.32 Å². The average Bonchev–Trinajstić information content (AvgIpc) is 2.77. The van der Waals surface area contributed by atoms with Crippen LogP contribution in [0.4, 0.5) is 0 Å². The van der Waals surface area contributed by atoms with Gasteiger partial charge < -0.3 is 10.4 Å². The van der Waals surface area contributed by atoms with Gasteiger partial charge in [0.25, 0.3) is 0 Å². The first kappa shape index (κ1) is 14.0. The number of hydrogen-bond donors (Lipinski definition) is 2. The Morgan fingerprint density at radius 1 is 1.24 bits per heavy atom. The summed E-state index contributed by atoms with van der Waals surface area (Å²) in [5.41, 5.74) is 0. The summed E-state index contributed by atoms with van der Waals surface area (Å²) in [6.07, 6.45) is 3.05. The lowest BCUT2D eigenvalue weighted by Gasteiger charge is -2.10. The van der Waals surface area contributed by atoms with Gasteiger partial charge in [-0.3, -0.25) is 9.59 Å². The van der Waals surface area contributed by atoms with Crippen molar-refractivity contribution < 1.29 is 23.1 Å². The maximum absolute atomic E-state index is 11.8. The van der Waals surface area contributed by atoms with E-state index in [9.17, 15) is 18.0 Å². The summed E-state index contributed by atoms with van der Waals surface area (Å²) in [5, 5.41) is 10.2. The minimum Gasteiger partial charge on any atom is -0.480 e. The Balaban J connectivity index is 2.33. The fourth-order valence-corrected chi connectivity index (χ4v) is 3.77. The number of hydrogen-bond acceptors (Lipinski definition) is 4. The van der Waals surface area contributed by atoms with Crippen molar-refractivity contribution in [3.63, 3.8) is 0 Å². The molecule has 1 fully saturated rings. The van der Waals surface area contributed by atoms with Crippen molar-refractivity contribution in [2.45, 2.75) is 37.4 Å². The Bertz CT molecular complexity index is 384. The molecule has 1 saturated carbocycles. The van der Waals surface area contributed by atoms with Crippen LogP contribution in [0.3, 0.4) is 0 Å². The normalized spacial score (nSPS) is 16.9. The molecule has 0 spiro atoms. The summed E-state index contributed by atoms with van der Waals surface area (Å²) in [6, 6.07) is 0. The third-order valence-electron chi connectivity index (χ3n) is 2.86. The topological polar surface area (TPSA) is 101 Å². The van der Waals surface area contributed by atoms with Gasteiger partial charge in [0.05, 0.1) is 11.0 Å². The largest absolute Gasteiger partial charge is 0.480 e. The number of rotatable bonds is 6. The van der Waals surface area contributed by atoms with Gasteiger partial charge in [0.2, 0.25) is 5.91 Å². The van der Waals surface area contributed by atoms with Gasteiger partial charge in [-0.15, -0.1) is 0 Å². The Labute approximate surface area is 100 Å². The van der Waals surface area contributed by atoms with Crippen LogP contribution in [0.1, 0.15) is 32.1 Å². The van der Waals surface area contributed by atoms with Crippen molar-refractivity contribution in [1.29, 1.82) is 0 Å². The number of amides is 1. The molecule has 6 nitrogen and oxygen atoms in total. The van der Waals surface area contributed by atoms with Gasteiger partial charge in [0.1, 0.15) is 6.54 Å². The van der Waals surface area contributed by atoms with Crippen molar-refractivity contribution in [3.8, 4) is 0 Å². The van der Waals surface area contributed by atoms with Crippen LogP contribution < -0.4 is 5.32 Å². The summed E-state index contributed by atoms with van der Waals surface area (Å²) >= 11 is 0. The van der Waals surface area contributed by atoms with Crippen LogP contribution >= 0.6 is 0 Å². The SMILES string of the molecule is O=C(O)CNC(=O)CCS(=O)(=O)C1CCCC1. The van der Waals surface area contributed by atoms with E-state index in [2.05, 4.69) is 5.32 Å². The predicted molar refractivity (Wildman–Crippen MR) is 61.3 cm³/mol. The second-order valence-electron chi connectivity index (χ2n) is 4.19. The molecular formula is C10H17NO5S. The molecule has 1 amide bonds. The highest BCUT2D eigenvalue weighted by Gasteiger charge is 2.28. The highest BCUT2D eigenvalue weighted by molar-refractivity contribution is 7.92. The zero-order chi connectivity index (χ0) is 12.9. The van der Waals surface area contributed by atoms with E-state index in [1.54, 1.807) is 0 Å². The van der Waals surface area contributed by atoms with Crippen molar-refractivity contribution in [3.05, 3.63) is 0 Å². The number of nitrogens with one attached hydrogen (secondary N) is 1. The van der Waals surface area contributed by atoms with Crippen molar-refractivity contribution in [2.75, 3.05) is 12.3 Å². The van der Waals surface area contributed by atoms with Gasteiger partial charge in [0.15, 0.2) is 9.84 Å². The molecule has 0 radical (unpaired) electrons. The molecule has 98 valence electrons. The highest BCUT2D eigenvalue weighted by Crippen LogP contribution is 2.25. The summed E-state index contributed by atoms with van der Waals surface area (Å²) in [6.45, 7) is -0.470. The van der Waals surface area contributed by atoms with Gasteiger partial charge in [-0.05, 0) is 12.8 Å². The van der Waals surface area contributed by atoms with Crippen LogP contribution in [0.2, 0.25) is 0 Å². The number of carboxylic acid groups (broad SMARTS) is 1. The van der Waals surface area contributed by atoms with Crippen LogP contribution in [0.5, 0.6) is 0 Å². The van der Waals surface area contributed by atoms with E-state index in [1.165, 1.54) is 0 Å². The number of sulfone groups is 1. The molecule has 1 aliphatic carbocycles. The third kappa shape index (κ3) is 4.72. The Hall–Kier alpha value is -1.11. The molecule has 0 aliphatic heterocycles. The van der Waals surface area contributed by atoms with Gasteiger partial charge in [-0.2, -0.15) is 0 Å². The maximum atomic E-state index is 11.8. The van der Waals surface area contributed by atoms with Gasteiger partial charge >= 0.3 is 5.97 Å². The molecule has 1 rings (SSSR count). The molecule has 0 unspecified atom stereocenters. The molecular weight excluding hydrogens is 246 g/mol. The summed E-state index contributed by atoms with van der Waals surface area (Å²) in [5.74, 6) is -1.87. The zero-order valence-electron chi connectivity index (χ0n) is 9.52. The zero-order valence-corrected chi connectivity index (χ0v) is 10.3. The predicted octanol–water partition coefficient (Wildman–Crippen LogP) is -0.0653. The van der Waals surface area contributed by atoms with Crippen molar-refractivity contribution in [2.24, 2.45) is 0 Å². The Kier molecular flexibility index (Phi) is 4.92. The van der Waals surface area contributed by atoms with E-state index in [0.29, 0.717) is 12.8 Å². The van der Waals surface area contributed by atoms with E-state index in [4.69, 9.17) is 5.11 Å². The molecule has 0 aromatic carbocycles. The summed E-state index contributed by atoms with van der Waals surface area (Å²) in [4.78, 5) is 21.4. The first-order valence-electron chi connectivity index (χ1n) is 5.62.